The van der Waals surface area contributed by atoms with Gasteiger partial charge in [-0.05, 0) is 63.8 Å². The second kappa shape index (κ2) is 7.91. The van der Waals surface area contributed by atoms with E-state index < -0.39 is 17.2 Å². The highest BCUT2D eigenvalue weighted by Gasteiger charge is 2.50. The average molecular weight is 481 g/mol. The van der Waals surface area contributed by atoms with Crippen molar-refractivity contribution >= 4 is 17.5 Å². The van der Waals surface area contributed by atoms with Gasteiger partial charge in [-0.1, -0.05) is 36.4 Å². The number of hydrogen-bond donors (Lipinski definition) is 2. The Labute approximate surface area is 209 Å². The molecule has 2 aliphatic rings. The van der Waals surface area contributed by atoms with Crippen molar-refractivity contribution in [3.63, 3.8) is 0 Å². The van der Waals surface area contributed by atoms with E-state index in [1.807, 2.05) is 86.1 Å². The number of pyridine rings is 1. The number of fused-ring (bicyclic) bond motifs is 5. The molecule has 0 radical (unpaired) electrons. The third kappa shape index (κ3) is 3.28. The van der Waals surface area contributed by atoms with Crippen LogP contribution in [-0.4, -0.2) is 41.4 Å². The van der Waals surface area contributed by atoms with Crippen LogP contribution in [0.15, 0.2) is 67.0 Å². The smallest absolute Gasteiger partial charge is 0.408 e. The summed E-state index contributed by atoms with van der Waals surface area (Å²) in [5.41, 5.74) is 4.60. The molecular formula is C28H28N6O2. The molecule has 0 spiro atoms. The molecule has 4 aromatic rings. The molecule has 2 aromatic carbocycles. The first kappa shape index (κ1) is 22.3. The largest absolute Gasteiger partial charge is 0.465 e. The second-order valence-electron chi connectivity index (χ2n) is 10.5. The molecule has 8 heteroatoms. The molecule has 6 rings (SSSR count). The maximum Gasteiger partial charge on any atom is 0.408 e. The van der Waals surface area contributed by atoms with Crippen molar-refractivity contribution in [2.24, 2.45) is 0 Å². The Bertz CT molecular complexity index is 1460. The predicted octanol–water partition coefficient (Wildman–Crippen LogP) is 6.21. The lowest BCUT2D eigenvalue weighted by Gasteiger charge is -2.54. The van der Waals surface area contributed by atoms with Crippen LogP contribution in [0.25, 0.3) is 28.5 Å². The zero-order valence-corrected chi connectivity index (χ0v) is 20.6. The Hall–Kier alpha value is -4.20. The molecule has 2 aromatic heterocycles. The molecule has 1 saturated carbocycles. The van der Waals surface area contributed by atoms with Crippen molar-refractivity contribution in [2.45, 2.75) is 51.1 Å². The number of hydrogen-bond acceptors (Lipinski definition) is 5. The molecule has 1 aliphatic carbocycles. The minimum atomic E-state index is -0.885. The Morgan fingerprint density at radius 2 is 1.72 bits per heavy atom. The van der Waals surface area contributed by atoms with Gasteiger partial charge in [0.05, 0.1) is 23.1 Å². The molecule has 3 heterocycles. The lowest BCUT2D eigenvalue weighted by atomic mass is 9.69. The van der Waals surface area contributed by atoms with Gasteiger partial charge in [-0.15, -0.1) is 10.2 Å². The molecule has 0 saturated heterocycles. The Kier molecular flexibility index (Phi) is 4.90. The van der Waals surface area contributed by atoms with Crippen molar-refractivity contribution < 1.29 is 9.90 Å². The lowest BCUT2D eigenvalue weighted by Crippen LogP contribution is -2.60. The van der Waals surface area contributed by atoms with Crippen LogP contribution in [0.2, 0.25) is 0 Å². The van der Waals surface area contributed by atoms with Gasteiger partial charge in [0, 0.05) is 28.6 Å². The number of carbonyl (C=O) groups is 1. The van der Waals surface area contributed by atoms with Gasteiger partial charge in [0.2, 0.25) is 0 Å². The molecule has 1 aliphatic heterocycles. The molecular weight excluding hydrogens is 452 g/mol. The number of para-hydroxylation sites is 1. The number of anilines is 2. The van der Waals surface area contributed by atoms with Gasteiger partial charge in [0.1, 0.15) is 0 Å². The van der Waals surface area contributed by atoms with E-state index in [2.05, 4.69) is 20.5 Å². The summed E-state index contributed by atoms with van der Waals surface area (Å²) in [6, 6.07) is 18.1. The summed E-state index contributed by atoms with van der Waals surface area (Å²) in [5, 5.41) is 22.8. The molecule has 182 valence electrons. The van der Waals surface area contributed by atoms with E-state index in [4.69, 9.17) is 0 Å². The van der Waals surface area contributed by atoms with Crippen molar-refractivity contribution in [1.82, 2.24) is 24.6 Å². The Morgan fingerprint density at radius 3 is 2.39 bits per heavy atom. The van der Waals surface area contributed by atoms with E-state index in [-0.39, 0.29) is 0 Å². The van der Waals surface area contributed by atoms with Crippen LogP contribution in [0.3, 0.4) is 0 Å². The Morgan fingerprint density at radius 1 is 1.00 bits per heavy atom. The lowest BCUT2D eigenvalue weighted by molar-refractivity contribution is -0.0328. The van der Waals surface area contributed by atoms with Gasteiger partial charge in [-0.3, -0.25) is 14.5 Å². The van der Waals surface area contributed by atoms with Crippen LogP contribution in [0, 0.1) is 0 Å². The van der Waals surface area contributed by atoms with Gasteiger partial charge in [0.15, 0.2) is 11.6 Å². The first-order chi connectivity index (χ1) is 17.3. The van der Waals surface area contributed by atoms with Gasteiger partial charge >= 0.3 is 6.09 Å². The van der Waals surface area contributed by atoms with Crippen LogP contribution in [0.5, 0.6) is 0 Å². The highest BCUT2D eigenvalue weighted by atomic mass is 16.4. The molecule has 1 fully saturated rings. The summed E-state index contributed by atoms with van der Waals surface area (Å²) in [6.45, 7) is 5.87. The third-order valence-electron chi connectivity index (χ3n) is 7.29. The van der Waals surface area contributed by atoms with E-state index in [0.717, 1.165) is 58.8 Å². The minimum absolute atomic E-state index is 0.508. The van der Waals surface area contributed by atoms with E-state index in [1.165, 1.54) is 0 Å². The van der Waals surface area contributed by atoms with E-state index >= 15 is 0 Å². The maximum absolute atomic E-state index is 12.3. The number of nitrogens with one attached hydrogen (secondary N) is 1. The third-order valence-corrected chi connectivity index (χ3v) is 7.29. The predicted molar refractivity (Wildman–Crippen MR) is 138 cm³/mol. The highest BCUT2D eigenvalue weighted by Crippen LogP contribution is 2.50. The average Bonchev–Trinajstić information content (AvgIpc) is 3.20. The summed E-state index contributed by atoms with van der Waals surface area (Å²) in [5.74, 6) is 1.45. The van der Waals surface area contributed by atoms with Crippen molar-refractivity contribution in [2.75, 3.05) is 5.32 Å². The number of rotatable bonds is 3. The van der Waals surface area contributed by atoms with E-state index in [0.29, 0.717) is 5.82 Å². The number of benzene rings is 2. The topological polar surface area (TPSA) is 96.2 Å². The fourth-order valence-corrected chi connectivity index (χ4v) is 5.67. The molecule has 8 nitrogen and oxygen atoms in total. The van der Waals surface area contributed by atoms with Crippen LogP contribution < -0.4 is 5.32 Å². The zero-order chi connectivity index (χ0) is 25.1. The molecule has 0 unspecified atom stereocenters. The molecule has 0 atom stereocenters. The van der Waals surface area contributed by atoms with E-state index in [9.17, 15) is 9.90 Å². The monoisotopic (exact) mass is 480 g/mol. The van der Waals surface area contributed by atoms with Crippen LogP contribution in [0.1, 0.15) is 45.6 Å². The van der Waals surface area contributed by atoms with Gasteiger partial charge in [-0.25, -0.2) is 4.79 Å². The van der Waals surface area contributed by atoms with Crippen molar-refractivity contribution in [3.05, 3.63) is 72.6 Å². The molecule has 36 heavy (non-hydrogen) atoms. The SMILES string of the molecule is CC(C)(C)N(C(=O)O)C1(c2ccc(-c3nnc4n3-c3cnccc3Nc3ccccc3-4)cc2)CCC1. The van der Waals surface area contributed by atoms with Crippen molar-refractivity contribution in [3.8, 4) is 28.5 Å². The number of aromatic nitrogens is 4. The maximum atomic E-state index is 12.3. The summed E-state index contributed by atoms with van der Waals surface area (Å²) in [7, 11) is 0. The zero-order valence-electron chi connectivity index (χ0n) is 20.6. The summed E-state index contributed by atoms with van der Waals surface area (Å²) >= 11 is 0. The molecule has 2 N–H and O–H groups in total. The minimum Gasteiger partial charge on any atom is -0.465 e. The fraction of sp³-hybridized carbons (Fsp3) is 0.286. The summed E-state index contributed by atoms with van der Waals surface area (Å²) in [4.78, 5) is 18.3. The number of carboxylic acid groups (broad SMARTS) is 1. The summed E-state index contributed by atoms with van der Waals surface area (Å²) in [6.07, 6.45) is 5.34. The normalized spacial score (nSPS) is 15.4. The molecule has 1 amide bonds. The fourth-order valence-electron chi connectivity index (χ4n) is 5.67. The van der Waals surface area contributed by atoms with Crippen LogP contribution in [-0.2, 0) is 5.54 Å². The van der Waals surface area contributed by atoms with Crippen LogP contribution in [0.4, 0.5) is 16.2 Å². The van der Waals surface area contributed by atoms with E-state index in [1.54, 1.807) is 11.1 Å². The summed E-state index contributed by atoms with van der Waals surface area (Å²) < 4.78 is 2.04. The van der Waals surface area contributed by atoms with Gasteiger partial charge in [-0.2, -0.15) is 0 Å². The highest BCUT2D eigenvalue weighted by molar-refractivity contribution is 5.85. The van der Waals surface area contributed by atoms with Crippen LogP contribution >= 0.6 is 0 Å². The number of amides is 1. The first-order valence-corrected chi connectivity index (χ1v) is 12.2. The quantitative estimate of drug-likeness (QED) is 0.319. The van der Waals surface area contributed by atoms with Crippen molar-refractivity contribution in [1.29, 1.82) is 0 Å². The van der Waals surface area contributed by atoms with Gasteiger partial charge in [0.25, 0.3) is 0 Å². The first-order valence-electron chi connectivity index (χ1n) is 12.2. The Balaban J connectivity index is 1.47. The second-order valence-corrected chi connectivity index (χ2v) is 10.5. The standard InChI is InChI=1S/C28H28N6O2/c1-27(2,3)34(26(35)36)28(14-6-15-28)19-11-9-18(10-12-19)24-31-32-25-20-7-4-5-8-21(20)30-22-13-16-29-17-23(22)33(24)25/h4-5,7-13,16-17,30H,6,14-15H2,1-3H3,(H,35,36). The van der Waals surface area contributed by atoms with Gasteiger partial charge < -0.3 is 10.4 Å². The molecule has 0 bridgehead atoms. The number of nitrogens with zero attached hydrogens (tertiary/aromatic N) is 5.